The molecule has 0 saturated carbocycles. The third kappa shape index (κ3) is 7.24. The number of hydrogen-bond donors (Lipinski definition) is 1. The van der Waals surface area contributed by atoms with E-state index >= 15 is 0 Å². The fourth-order valence-corrected chi connectivity index (χ4v) is 7.52. The first-order valence-corrected chi connectivity index (χ1v) is 16.0. The number of aromatic hydroxyl groups is 1. The molecule has 4 aromatic rings. The number of ether oxygens (including phenoxy) is 2. The Kier molecular flexibility index (Phi) is 9.10. The first-order chi connectivity index (χ1) is 20.1. The maximum atomic E-state index is 10.2. The molecule has 2 aliphatic heterocycles. The highest BCUT2D eigenvalue weighted by molar-refractivity contribution is 7.22. The van der Waals surface area contributed by atoms with Gasteiger partial charge in [0, 0.05) is 28.6 Å². The van der Waals surface area contributed by atoms with Crippen LogP contribution in [0.25, 0.3) is 20.5 Å². The van der Waals surface area contributed by atoms with Crippen LogP contribution in [0.15, 0.2) is 66.7 Å². The van der Waals surface area contributed by atoms with Crippen LogP contribution in [0, 0.1) is 5.92 Å². The summed E-state index contributed by atoms with van der Waals surface area (Å²) in [7, 11) is 2.20. The van der Waals surface area contributed by atoms with Crippen molar-refractivity contribution in [2.75, 3.05) is 53.0 Å². The molecule has 1 N–H and O–H groups in total. The summed E-state index contributed by atoms with van der Waals surface area (Å²) in [6.45, 7) is 7.21. The van der Waals surface area contributed by atoms with Crippen LogP contribution < -0.4 is 9.47 Å². The minimum absolute atomic E-state index is 0.306. The molecule has 3 aromatic carbocycles. The van der Waals surface area contributed by atoms with Crippen molar-refractivity contribution in [3.63, 3.8) is 0 Å². The first kappa shape index (κ1) is 28.1. The number of fused-ring (bicyclic) bond motifs is 1. The number of thiophene rings is 1. The van der Waals surface area contributed by atoms with E-state index in [2.05, 4.69) is 71.4 Å². The molecule has 216 valence electrons. The Morgan fingerprint density at radius 1 is 0.854 bits per heavy atom. The summed E-state index contributed by atoms with van der Waals surface area (Å²) in [6.07, 6.45) is 7.29. The van der Waals surface area contributed by atoms with Gasteiger partial charge < -0.3 is 19.5 Å². The normalized spacial score (nSPS) is 18.5. The highest BCUT2D eigenvalue weighted by atomic mass is 32.1. The van der Waals surface area contributed by atoms with Crippen LogP contribution in [0.2, 0.25) is 0 Å². The summed E-state index contributed by atoms with van der Waals surface area (Å²) in [5, 5.41) is 11.4. The minimum Gasteiger partial charge on any atom is -0.508 e. The number of likely N-dealkylation sites (tertiary alicyclic amines) is 2. The molecule has 5 nitrogen and oxygen atoms in total. The quantitative estimate of drug-likeness (QED) is 0.215. The summed E-state index contributed by atoms with van der Waals surface area (Å²) in [4.78, 5) is 6.15. The number of benzene rings is 3. The summed E-state index contributed by atoms with van der Waals surface area (Å²) < 4.78 is 13.4. The van der Waals surface area contributed by atoms with Crippen LogP contribution in [-0.2, 0) is 6.42 Å². The van der Waals surface area contributed by atoms with Crippen LogP contribution in [0.3, 0.4) is 0 Å². The average molecular weight is 571 g/mol. The Morgan fingerprint density at radius 3 is 2.39 bits per heavy atom. The lowest BCUT2D eigenvalue weighted by molar-refractivity contribution is 0.150. The summed E-state index contributed by atoms with van der Waals surface area (Å²) in [6, 6.07) is 22.8. The van der Waals surface area contributed by atoms with Crippen LogP contribution in [0.1, 0.15) is 43.2 Å². The van der Waals surface area contributed by atoms with Gasteiger partial charge >= 0.3 is 0 Å². The molecule has 6 rings (SSSR count). The average Bonchev–Trinajstić information content (AvgIpc) is 3.35. The predicted molar refractivity (Wildman–Crippen MR) is 170 cm³/mol. The van der Waals surface area contributed by atoms with Crippen molar-refractivity contribution in [1.29, 1.82) is 0 Å². The highest BCUT2D eigenvalue weighted by Crippen LogP contribution is 2.41. The molecule has 2 fully saturated rings. The molecule has 0 radical (unpaired) electrons. The van der Waals surface area contributed by atoms with E-state index in [1.165, 1.54) is 78.7 Å². The number of phenolic OH excluding ortho intramolecular Hbond substituents is 1. The molecule has 2 saturated heterocycles. The molecular formula is C35H42N2O3S. The van der Waals surface area contributed by atoms with E-state index in [1.54, 1.807) is 17.4 Å². The Hall–Kier alpha value is -3.06. The monoisotopic (exact) mass is 570 g/mol. The minimum atomic E-state index is 0.306. The van der Waals surface area contributed by atoms with E-state index in [1.807, 2.05) is 6.07 Å². The SMILES string of the molecule is CN1CCCC(COc2ccc(-c3sc4cc(O)ccc4c3Cc3ccc(OCCN4CCCCC4)cc3)cc2)C1. The van der Waals surface area contributed by atoms with Gasteiger partial charge in [0.15, 0.2) is 0 Å². The zero-order valence-electron chi connectivity index (χ0n) is 24.2. The zero-order valence-corrected chi connectivity index (χ0v) is 25.0. The van der Waals surface area contributed by atoms with Crippen LogP contribution in [0.4, 0.5) is 0 Å². The van der Waals surface area contributed by atoms with E-state index in [0.717, 1.165) is 48.9 Å². The van der Waals surface area contributed by atoms with Gasteiger partial charge in [0.05, 0.1) is 6.61 Å². The summed E-state index contributed by atoms with van der Waals surface area (Å²) >= 11 is 1.74. The Bertz CT molecular complexity index is 1410. The molecule has 41 heavy (non-hydrogen) atoms. The van der Waals surface area contributed by atoms with Gasteiger partial charge in [-0.25, -0.2) is 0 Å². The predicted octanol–water partition coefficient (Wildman–Crippen LogP) is 7.45. The number of hydrogen-bond acceptors (Lipinski definition) is 6. The lowest BCUT2D eigenvalue weighted by atomic mass is 9.98. The molecule has 1 atom stereocenters. The maximum Gasteiger partial charge on any atom is 0.119 e. The van der Waals surface area contributed by atoms with Gasteiger partial charge in [0.25, 0.3) is 0 Å². The highest BCUT2D eigenvalue weighted by Gasteiger charge is 2.19. The van der Waals surface area contributed by atoms with Crippen molar-refractivity contribution >= 4 is 21.4 Å². The van der Waals surface area contributed by atoms with E-state index in [4.69, 9.17) is 9.47 Å². The topological polar surface area (TPSA) is 45.2 Å². The lowest BCUT2D eigenvalue weighted by Gasteiger charge is -2.29. The van der Waals surface area contributed by atoms with Crippen LogP contribution in [-0.4, -0.2) is 67.9 Å². The Morgan fingerprint density at radius 2 is 1.61 bits per heavy atom. The van der Waals surface area contributed by atoms with Crippen LogP contribution >= 0.6 is 11.3 Å². The van der Waals surface area contributed by atoms with Gasteiger partial charge in [-0.2, -0.15) is 0 Å². The molecule has 2 aliphatic rings. The fraction of sp³-hybridized carbons (Fsp3) is 0.429. The largest absolute Gasteiger partial charge is 0.508 e. The second-order valence-corrected chi connectivity index (χ2v) is 12.8. The summed E-state index contributed by atoms with van der Waals surface area (Å²) in [5.41, 5.74) is 3.73. The van der Waals surface area contributed by atoms with Crippen molar-refractivity contribution in [2.24, 2.45) is 5.92 Å². The molecule has 1 unspecified atom stereocenters. The van der Waals surface area contributed by atoms with Gasteiger partial charge in [0.2, 0.25) is 0 Å². The van der Waals surface area contributed by atoms with Crippen molar-refractivity contribution in [3.8, 4) is 27.7 Å². The fourth-order valence-electron chi connectivity index (χ4n) is 6.26. The second-order valence-electron chi connectivity index (χ2n) is 11.8. The summed E-state index contributed by atoms with van der Waals surface area (Å²) in [5.74, 6) is 2.77. The lowest BCUT2D eigenvalue weighted by Crippen LogP contribution is -2.34. The van der Waals surface area contributed by atoms with Crippen molar-refractivity contribution in [3.05, 3.63) is 77.9 Å². The van der Waals surface area contributed by atoms with Crippen molar-refractivity contribution in [2.45, 2.75) is 38.5 Å². The van der Waals surface area contributed by atoms with Crippen LogP contribution in [0.5, 0.6) is 17.2 Å². The molecule has 0 aliphatic carbocycles. The van der Waals surface area contributed by atoms with Gasteiger partial charge in [-0.3, -0.25) is 4.90 Å². The molecule has 1 aromatic heterocycles. The Labute approximate surface area is 248 Å². The first-order valence-electron chi connectivity index (χ1n) is 15.2. The van der Waals surface area contributed by atoms with Gasteiger partial charge in [-0.05, 0) is 135 Å². The standard InChI is InChI=1S/C35H42N2O3S/c1-36-17-5-6-27(24-36)25-40-31-14-9-28(10-15-31)35-33(32-16-11-29(38)23-34(32)41-35)22-26-7-12-30(13-8-26)39-21-20-37-18-3-2-4-19-37/h7-16,23,27,38H,2-6,17-22,24-25H2,1H3. The molecular weight excluding hydrogens is 528 g/mol. The molecule has 3 heterocycles. The number of rotatable bonds is 10. The molecule has 6 heteroatoms. The van der Waals surface area contributed by atoms with E-state index in [9.17, 15) is 5.11 Å². The third-order valence-electron chi connectivity index (χ3n) is 8.53. The molecule has 0 bridgehead atoms. The second kappa shape index (κ2) is 13.3. The van der Waals surface area contributed by atoms with Gasteiger partial charge in [-0.1, -0.05) is 18.6 Å². The van der Waals surface area contributed by atoms with Crippen molar-refractivity contribution < 1.29 is 14.6 Å². The van der Waals surface area contributed by atoms with Crippen molar-refractivity contribution in [1.82, 2.24) is 9.80 Å². The van der Waals surface area contributed by atoms with Gasteiger partial charge in [0.1, 0.15) is 23.9 Å². The van der Waals surface area contributed by atoms with E-state index in [-0.39, 0.29) is 0 Å². The van der Waals surface area contributed by atoms with E-state index < -0.39 is 0 Å². The smallest absolute Gasteiger partial charge is 0.119 e. The molecule has 0 spiro atoms. The molecule has 0 amide bonds. The van der Waals surface area contributed by atoms with E-state index in [0.29, 0.717) is 11.7 Å². The number of phenols is 1. The third-order valence-corrected chi connectivity index (χ3v) is 9.77. The maximum absolute atomic E-state index is 10.2. The number of piperidine rings is 2. The Balaban J connectivity index is 1.14. The van der Waals surface area contributed by atoms with Gasteiger partial charge in [-0.15, -0.1) is 11.3 Å². The number of nitrogens with zero attached hydrogens (tertiary/aromatic N) is 2. The zero-order chi connectivity index (χ0) is 28.0.